The number of halogens is 4. The van der Waals surface area contributed by atoms with E-state index in [4.69, 9.17) is 23.2 Å². The molecule has 1 atom stereocenters. The highest BCUT2D eigenvalue weighted by Gasteiger charge is 2.27. The number of ketones is 1. The van der Waals surface area contributed by atoms with Gasteiger partial charge in [-0.05, 0) is 30.3 Å². The number of Topliss-reactive ketones (excluding diaryl/α,β-unsaturated/α-hetero) is 1. The molecule has 106 valence electrons. The molecule has 0 aliphatic heterocycles. The molecule has 1 unspecified atom stereocenters. The Morgan fingerprint density at radius 3 is 2.33 bits per heavy atom. The monoisotopic (exact) mass is 445 g/mol. The second kappa shape index (κ2) is 6.93. The van der Waals surface area contributed by atoms with Crippen molar-refractivity contribution in [1.82, 2.24) is 0 Å². The van der Waals surface area contributed by atoms with Crippen molar-refractivity contribution in [3.63, 3.8) is 0 Å². The van der Waals surface area contributed by atoms with Gasteiger partial charge < -0.3 is 0 Å². The lowest BCUT2D eigenvalue weighted by Gasteiger charge is -2.13. The Morgan fingerprint density at radius 1 is 1.14 bits per heavy atom. The highest BCUT2D eigenvalue weighted by Crippen LogP contribution is 2.35. The topological polar surface area (TPSA) is 40.9 Å². The van der Waals surface area contributed by atoms with E-state index >= 15 is 0 Å². The molecule has 2 rings (SSSR count). The third-order valence-electron chi connectivity index (χ3n) is 2.87. The maximum absolute atomic E-state index is 12.7. The second-order valence-electron chi connectivity index (χ2n) is 4.19. The quantitative estimate of drug-likeness (QED) is 0.541. The third kappa shape index (κ3) is 3.49. The Kier molecular flexibility index (Phi) is 5.45. The van der Waals surface area contributed by atoms with Crippen molar-refractivity contribution in [2.75, 3.05) is 0 Å². The lowest BCUT2D eigenvalue weighted by Crippen LogP contribution is -2.13. The van der Waals surface area contributed by atoms with Gasteiger partial charge in [-0.2, -0.15) is 5.26 Å². The summed E-state index contributed by atoms with van der Waals surface area (Å²) in [6, 6.07) is 12.1. The van der Waals surface area contributed by atoms with E-state index in [1.807, 2.05) is 6.07 Å². The molecular weight excluding hydrogens is 441 g/mol. The summed E-state index contributed by atoms with van der Waals surface area (Å²) < 4.78 is 1.36. The van der Waals surface area contributed by atoms with Crippen LogP contribution in [0.4, 0.5) is 0 Å². The summed E-state index contributed by atoms with van der Waals surface area (Å²) in [6.07, 6.45) is 0. The normalized spacial score (nSPS) is 11.8. The Bertz CT molecular complexity index is 736. The van der Waals surface area contributed by atoms with Crippen LogP contribution in [-0.4, -0.2) is 5.78 Å². The molecule has 0 spiro atoms. The maximum atomic E-state index is 12.7. The maximum Gasteiger partial charge on any atom is 0.185 e. The van der Waals surface area contributed by atoms with Gasteiger partial charge in [-0.1, -0.05) is 61.1 Å². The molecule has 0 radical (unpaired) electrons. The summed E-state index contributed by atoms with van der Waals surface area (Å²) in [6.45, 7) is 0. The van der Waals surface area contributed by atoms with E-state index in [2.05, 4.69) is 31.9 Å². The van der Waals surface area contributed by atoms with Crippen LogP contribution in [0.5, 0.6) is 0 Å². The first-order valence-corrected chi connectivity index (χ1v) is 8.12. The van der Waals surface area contributed by atoms with Crippen LogP contribution in [0.1, 0.15) is 21.8 Å². The molecule has 2 nitrogen and oxygen atoms in total. The van der Waals surface area contributed by atoms with Gasteiger partial charge in [-0.25, -0.2) is 0 Å². The number of benzene rings is 2. The van der Waals surface area contributed by atoms with Gasteiger partial charge in [-0.15, -0.1) is 0 Å². The summed E-state index contributed by atoms with van der Waals surface area (Å²) in [5.41, 5.74) is 0.729. The fraction of sp³-hybridized carbons (Fsp3) is 0.0667. The molecule has 2 aromatic rings. The van der Waals surface area contributed by atoms with Crippen molar-refractivity contribution < 1.29 is 4.79 Å². The highest BCUT2D eigenvalue weighted by molar-refractivity contribution is 9.11. The van der Waals surface area contributed by atoms with Gasteiger partial charge in [0.2, 0.25) is 0 Å². The summed E-state index contributed by atoms with van der Waals surface area (Å²) in [5.74, 6) is -1.42. The first-order valence-electron chi connectivity index (χ1n) is 5.78. The van der Waals surface area contributed by atoms with Gasteiger partial charge in [0, 0.05) is 30.1 Å². The van der Waals surface area contributed by atoms with Crippen molar-refractivity contribution in [2.45, 2.75) is 5.92 Å². The van der Waals surface area contributed by atoms with Gasteiger partial charge in [0.1, 0.15) is 5.92 Å². The number of carbonyl (C=O) groups is 1. The minimum Gasteiger partial charge on any atom is -0.292 e. The van der Waals surface area contributed by atoms with E-state index in [0.717, 1.165) is 4.47 Å². The molecule has 6 heteroatoms. The zero-order chi connectivity index (χ0) is 15.6. The molecule has 2 aromatic carbocycles. The number of hydrogen-bond acceptors (Lipinski definition) is 2. The minimum absolute atomic E-state index is 0.300. The van der Waals surface area contributed by atoms with Crippen LogP contribution in [0.15, 0.2) is 45.3 Å². The SMILES string of the molecule is N#CC(C(=O)c1cc(Br)ccc1Br)c1c(Cl)cccc1Cl. The highest BCUT2D eigenvalue weighted by atomic mass is 79.9. The molecule has 0 aromatic heterocycles. The minimum atomic E-state index is -1.06. The average Bonchev–Trinajstić information content (AvgIpc) is 2.45. The molecular formula is C15H7Br2Cl2NO. The number of carbonyl (C=O) groups excluding carboxylic acids is 1. The van der Waals surface area contributed by atoms with Crippen molar-refractivity contribution in [3.8, 4) is 6.07 Å². The van der Waals surface area contributed by atoms with Crippen LogP contribution >= 0.6 is 55.1 Å². The molecule has 0 fully saturated rings. The van der Waals surface area contributed by atoms with Crippen molar-refractivity contribution >= 4 is 60.8 Å². The van der Waals surface area contributed by atoms with Gasteiger partial charge in [0.25, 0.3) is 0 Å². The second-order valence-corrected chi connectivity index (χ2v) is 6.77. The first-order chi connectivity index (χ1) is 9.95. The summed E-state index contributed by atoms with van der Waals surface area (Å²) >= 11 is 18.8. The number of hydrogen-bond donors (Lipinski definition) is 0. The van der Waals surface area contributed by atoms with E-state index in [1.54, 1.807) is 36.4 Å². The van der Waals surface area contributed by atoms with Crippen molar-refractivity contribution in [2.24, 2.45) is 0 Å². The molecule has 0 heterocycles. The molecule has 0 aliphatic rings. The van der Waals surface area contributed by atoms with E-state index in [0.29, 0.717) is 25.6 Å². The number of rotatable bonds is 3. The molecule has 0 saturated heterocycles. The molecule has 0 N–H and O–H groups in total. The van der Waals surface area contributed by atoms with Crippen LogP contribution in [-0.2, 0) is 0 Å². The molecule has 21 heavy (non-hydrogen) atoms. The zero-order valence-electron chi connectivity index (χ0n) is 10.4. The lowest BCUT2D eigenvalue weighted by atomic mass is 9.92. The molecule has 0 saturated carbocycles. The molecule has 0 bridgehead atoms. The summed E-state index contributed by atoms with van der Waals surface area (Å²) in [4.78, 5) is 12.7. The fourth-order valence-corrected chi connectivity index (χ4v) is 3.30. The van der Waals surface area contributed by atoms with Gasteiger partial charge >= 0.3 is 0 Å². The lowest BCUT2D eigenvalue weighted by molar-refractivity contribution is 0.0978. The standard InChI is InChI=1S/C15H7Br2Cl2NO/c16-8-4-5-11(17)9(6-8)15(21)10(7-20)14-12(18)2-1-3-13(14)19/h1-6,10H. The molecule has 0 amide bonds. The van der Waals surface area contributed by atoms with Gasteiger partial charge in [0.05, 0.1) is 6.07 Å². The van der Waals surface area contributed by atoms with Crippen LogP contribution < -0.4 is 0 Å². The Hall–Kier alpha value is -0.860. The first kappa shape index (κ1) is 16.5. The van der Waals surface area contributed by atoms with Gasteiger partial charge in [-0.3, -0.25) is 4.79 Å². The van der Waals surface area contributed by atoms with Crippen LogP contribution in [0.2, 0.25) is 10.0 Å². The fourth-order valence-electron chi connectivity index (χ4n) is 1.88. The predicted molar refractivity (Wildman–Crippen MR) is 91.0 cm³/mol. The smallest absolute Gasteiger partial charge is 0.185 e. The van der Waals surface area contributed by atoms with E-state index in [1.165, 1.54) is 0 Å². The number of nitrogens with zero attached hydrogens (tertiary/aromatic N) is 1. The van der Waals surface area contributed by atoms with E-state index in [-0.39, 0.29) is 5.78 Å². The van der Waals surface area contributed by atoms with Crippen molar-refractivity contribution in [1.29, 1.82) is 5.26 Å². The number of nitriles is 1. The predicted octanol–water partition coefficient (Wildman–Crippen LogP) is 6.01. The van der Waals surface area contributed by atoms with Crippen molar-refractivity contribution in [3.05, 3.63) is 66.5 Å². The van der Waals surface area contributed by atoms with E-state index < -0.39 is 5.92 Å². The summed E-state index contributed by atoms with van der Waals surface area (Å²) in [5, 5.41) is 10.0. The van der Waals surface area contributed by atoms with Crippen LogP contribution in [0, 0.1) is 11.3 Å². The Labute approximate surface area is 148 Å². The Balaban J connectivity index is 2.55. The molecule has 0 aliphatic carbocycles. The van der Waals surface area contributed by atoms with E-state index in [9.17, 15) is 10.1 Å². The largest absolute Gasteiger partial charge is 0.292 e. The third-order valence-corrected chi connectivity index (χ3v) is 4.72. The van der Waals surface area contributed by atoms with Gasteiger partial charge in [0.15, 0.2) is 5.78 Å². The average molecular weight is 448 g/mol. The summed E-state index contributed by atoms with van der Waals surface area (Å²) in [7, 11) is 0. The van der Waals surface area contributed by atoms with Crippen LogP contribution in [0.25, 0.3) is 0 Å². The zero-order valence-corrected chi connectivity index (χ0v) is 15.1. The van der Waals surface area contributed by atoms with Crippen LogP contribution in [0.3, 0.4) is 0 Å². The Morgan fingerprint density at radius 2 is 1.76 bits per heavy atom.